The maximum absolute atomic E-state index is 13.0. The van der Waals surface area contributed by atoms with Crippen molar-refractivity contribution < 1.29 is 19.4 Å². The normalized spacial score (nSPS) is 29.7. The third-order valence-electron chi connectivity index (χ3n) is 5.26. The Hall–Kier alpha value is -1.92. The summed E-state index contributed by atoms with van der Waals surface area (Å²) in [4.78, 5) is 27.2. The van der Waals surface area contributed by atoms with Gasteiger partial charge in [0.05, 0.1) is 12.1 Å². The predicted molar refractivity (Wildman–Crippen MR) is 97.3 cm³/mol. The molecule has 1 aliphatic heterocycles. The fourth-order valence-electron chi connectivity index (χ4n) is 3.95. The summed E-state index contributed by atoms with van der Waals surface area (Å²) in [5.41, 5.74) is 0.897. The Morgan fingerprint density at radius 2 is 1.85 bits per heavy atom. The summed E-state index contributed by atoms with van der Waals surface area (Å²) in [7, 11) is 0. The molecule has 2 N–H and O–H groups in total. The molecule has 2 fully saturated rings. The number of hydrogen-bond acceptors (Lipinski definition) is 4. The van der Waals surface area contributed by atoms with E-state index in [4.69, 9.17) is 4.74 Å². The van der Waals surface area contributed by atoms with E-state index < -0.39 is 12.1 Å². The van der Waals surface area contributed by atoms with E-state index in [2.05, 4.69) is 5.32 Å². The zero-order chi connectivity index (χ0) is 18.7. The first kappa shape index (κ1) is 18.9. The average molecular weight is 360 g/mol. The monoisotopic (exact) mass is 360 g/mol. The summed E-state index contributed by atoms with van der Waals surface area (Å²) in [6, 6.07) is 9.17. The summed E-state index contributed by atoms with van der Waals surface area (Å²) in [6.07, 6.45) is 1.94. The van der Waals surface area contributed by atoms with Crippen molar-refractivity contribution in [3.8, 4) is 0 Å². The molecule has 0 bridgehead atoms. The van der Waals surface area contributed by atoms with E-state index in [0.717, 1.165) is 18.4 Å². The highest BCUT2D eigenvalue weighted by Gasteiger charge is 2.43. The lowest BCUT2D eigenvalue weighted by Gasteiger charge is -2.43. The van der Waals surface area contributed by atoms with E-state index >= 15 is 0 Å². The van der Waals surface area contributed by atoms with Crippen LogP contribution in [0, 0.1) is 0 Å². The molecule has 2 amide bonds. The van der Waals surface area contributed by atoms with Gasteiger partial charge >= 0.3 is 0 Å². The lowest BCUT2D eigenvalue weighted by Crippen LogP contribution is -2.57. The number of aliphatic hydroxyl groups excluding tert-OH is 1. The smallest absolute Gasteiger partial charge is 0.251 e. The van der Waals surface area contributed by atoms with Gasteiger partial charge < -0.3 is 20.1 Å². The fraction of sp³-hybridized carbons (Fsp3) is 0.600. The quantitative estimate of drug-likeness (QED) is 0.858. The summed E-state index contributed by atoms with van der Waals surface area (Å²) in [5, 5.41) is 12.7. The summed E-state index contributed by atoms with van der Waals surface area (Å²) in [6.45, 7) is 3.83. The number of benzene rings is 1. The van der Waals surface area contributed by atoms with Gasteiger partial charge in [0, 0.05) is 12.1 Å². The van der Waals surface area contributed by atoms with Crippen molar-refractivity contribution in [1.29, 1.82) is 0 Å². The van der Waals surface area contributed by atoms with E-state index in [1.165, 1.54) is 0 Å². The molecule has 2 aliphatic rings. The molecule has 1 aromatic carbocycles. The van der Waals surface area contributed by atoms with Gasteiger partial charge in [0.1, 0.15) is 6.61 Å². The van der Waals surface area contributed by atoms with Gasteiger partial charge in [-0.15, -0.1) is 0 Å². The van der Waals surface area contributed by atoms with Crippen molar-refractivity contribution in [2.75, 3.05) is 6.61 Å². The molecule has 0 unspecified atom stereocenters. The van der Waals surface area contributed by atoms with Crippen LogP contribution in [0.4, 0.5) is 0 Å². The Morgan fingerprint density at radius 1 is 1.19 bits per heavy atom. The van der Waals surface area contributed by atoms with Gasteiger partial charge in [-0.05, 0) is 45.1 Å². The number of rotatable bonds is 4. The van der Waals surface area contributed by atoms with Crippen molar-refractivity contribution in [3.63, 3.8) is 0 Å². The first-order valence-electron chi connectivity index (χ1n) is 9.43. The number of nitrogens with one attached hydrogen (secondary N) is 1. The molecular formula is C20H28N2O4. The Kier molecular flexibility index (Phi) is 5.94. The predicted octanol–water partition coefficient (Wildman–Crippen LogP) is 1.78. The minimum Gasteiger partial charge on any atom is -0.393 e. The van der Waals surface area contributed by atoms with E-state index in [-0.39, 0.29) is 36.6 Å². The minimum atomic E-state index is -0.732. The van der Waals surface area contributed by atoms with Gasteiger partial charge in [0.15, 0.2) is 6.10 Å². The number of aliphatic hydroxyl groups is 1. The number of nitrogens with zero attached hydrogens (tertiary/aromatic N) is 1. The number of morpholine rings is 1. The van der Waals surface area contributed by atoms with Gasteiger partial charge in [-0.2, -0.15) is 0 Å². The zero-order valence-corrected chi connectivity index (χ0v) is 15.4. The van der Waals surface area contributed by atoms with Crippen LogP contribution >= 0.6 is 0 Å². The molecule has 0 radical (unpaired) electrons. The Bertz CT molecular complexity index is 626. The molecule has 1 heterocycles. The molecule has 6 heteroatoms. The molecule has 1 aromatic rings. The SMILES string of the molecule is CC(C)N1C(=O)CO[C@H](C(=O)NC2CCC(O)CC2)[C@H]1c1ccccc1. The lowest BCUT2D eigenvalue weighted by atomic mass is 9.92. The van der Waals surface area contributed by atoms with Crippen LogP contribution in [0.5, 0.6) is 0 Å². The summed E-state index contributed by atoms with van der Waals surface area (Å²) in [5.74, 6) is -0.280. The second kappa shape index (κ2) is 8.18. The highest BCUT2D eigenvalue weighted by Crippen LogP contribution is 2.32. The van der Waals surface area contributed by atoms with Crippen molar-refractivity contribution in [2.45, 2.75) is 69.9 Å². The molecule has 1 saturated carbocycles. The average Bonchev–Trinajstić information content (AvgIpc) is 2.63. The molecule has 0 aromatic heterocycles. The van der Waals surface area contributed by atoms with E-state index in [0.29, 0.717) is 12.8 Å². The molecule has 1 aliphatic carbocycles. The third-order valence-corrected chi connectivity index (χ3v) is 5.26. The first-order valence-corrected chi connectivity index (χ1v) is 9.43. The van der Waals surface area contributed by atoms with Crippen molar-refractivity contribution in [2.24, 2.45) is 0 Å². The van der Waals surface area contributed by atoms with Crippen molar-refractivity contribution in [1.82, 2.24) is 10.2 Å². The van der Waals surface area contributed by atoms with Crippen molar-refractivity contribution >= 4 is 11.8 Å². The van der Waals surface area contributed by atoms with Crippen LogP contribution in [0.2, 0.25) is 0 Å². The van der Waals surface area contributed by atoms with Crippen molar-refractivity contribution in [3.05, 3.63) is 35.9 Å². The van der Waals surface area contributed by atoms with Crippen LogP contribution in [0.25, 0.3) is 0 Å². The molecule has 0 spiro atoms. The molecule has 142 valence electrons. The lowest BCUT2D eigenvalue weighted by molar-refractivity contribution is -0.167. The Balaban J connectivity index is 1.81. The second-order valence-corrected chi connectivity index (χ2v) is 7.50. The van der Waals surface area contributed by atoms with E-state index in [9.17, 15) is 14.7 Å². The van der Waals surface area contributed by atoms with E-state index in [1.54, 1.807) is 4.90 Å². The van der Waals surface area contributed by atoms with Crippen LogP contribution in [0.3, 0.4) is 0 Å². The first-order chi connectivity index (χ1) is 12.5. The van der Waals surface area contributed by atoms with Gasteiger partial charge in [0.2, 0.25) is 5.91 Å². The summed E-state index contributed by atoms with van der Waals surface area (Å²) < 4.78 is 5.71. The second-order valence-electron chi connectivity index (χ2n) is 7.50. The highest BCUT2D eigenvalue weighted by molar-refractivity contribution is 5.86. The van der Waals surface area contributed by atoms with Gasteiger partial charge in [0.25, 0.3) is 5.91 Å². The van der Waals surface area contributed by atoms with Gasteiger partial charge in [-0.3, -0.25) is 9.59 Å². The van der Waals surface area contributed by atoms with Crippen LogP contribution < -0.4 is 5.32 Å². The largest absolute Gasteiger partial charge is 0.393 e. The van der Waals surface area contributed by atoms with Crippen LogP contribution in [-0.4, -0.2) is 52.7 Å². The number of hydrogen-bond donors (Lipinski definition) is 2. The molecule has 2 atom stereocenters. The van der Waals surface area contributed by atoms with Gasteiger partial charge in [-0.1, -0.05) is 30.3 Å². The van der Waals surface area contributed by atoms with Crippen LogP contribution in [0.15, 0.2) is 30.3 Å². The molecule has 3 rings (SSSR count). The Labute approximate surface area is 154 Å². The molecular weight excluding hydrogens is 332 g/mol. The maximum Gasteiger partial charge on any atom is 0.251 e. The summed E-state index contributed by atoms with van der Waals surface area (Å²) >= 11 is 0. The fourth-order valence-corrected chi connectivity index (χ4v) is 3.95. The molecule has 26 heavy (non-hydrogen) atoms. The third kappa shape index (κ3) is 4.07. The standard InChI is InChI=1S/C20H28N2O4/c1-13(2)22-17(24)12-26-19(18(22)14-6-4-3-5-7-14)20(25)21-15-8-10-16(23)11-9-15/h3-7,13,15-16,18-19,23H,8-12H2,1-2H3,(H,21,25)/t15?,16?,18-,19+/m1/s1. The Morgan fingerprint density at radius 3 is 2.46 bits per heavy atom. The van der Waals surface area contributed by atoms with Crippen LogP contribution in [-0.2, 0) is 14.3 Å². The number of amides is 2. The van der Waals surface area contributed by atoms with E-state index in [1.807, 2.05) is 44.2 Å². The highest BCUT2D eigenvalue weighted by atomic mass is 16.5. The topological polar surface area (TPSA) is 78.9 Å². The maximum atomic E-state index is 13.0. The zero-order valence-electron chi connectivity index (χ0n) is 15.4. The van der Waals surface area contributed by atoms with Gasteiger partial charge in [-0.25, -0.2) is 0 Å². The number of carbonyl (C=O) groups excluding carboxylic acids is 2. The molecule has 1 saturated heterocycles. The minimum absolute atomic E-state index is 0.0308. The number of ether oxygens (including phenoxy) is 1. The number of carbonyl (C=O) groups is 2. The molecule has 6 nitrogen and oxygen atoms in total. The van der Waals surface area contributed by atoms with Crippen LogP contribution in [0.1, 0.15) is 51.1 Å².